The zero-order valence-corrected chi connectivity index (χ0v) is 8.38. The lowest BCUT2D eigenvalue weighted by Gasteiger charge is -2.30. The first-order valence-corrected chi connectivity index (χ1v) is 4.83. The van der Waals surface area contributed by atoms with E-state index in [9.17, 15) is 4.79 Å². The maximum Gasteiger partial charge on any atom is 0.320 e. The molecule has 1 heterocycles. The van der Waals surface area contributed by atoms with Gasteiger partial charge in [-0.15, -0.1) is 0 Å². The molecule has 0 aliphatic carbocycles. The third-order valence-electron chi connectivity index (χ3n) is 2.11. The summed E-state index contributed by atoms with van der Waals surface area (Å²) < 4.78 is 4.88. The molecule has 1 fully saturated rings. The minimum absolute atomic E-state index is 0.114. The highest BCUT2D eigenvalue weighted by atomic mass is 16.5. The largest absolute Gasteiger partial charge is 0.465 e. The smallest absolute Gasteiger partial charge is 0.320 e. The lowest BCUT2D eigenvalue weighted by molar-refractivity contribution is -0.144. The third kappa shape index (κ3) is 3.74. The Labute approximate surface area is 79.2 Å². The quantitative estimate of drug-likeness (QED) is 0.622. The second-order valence-corrected chi connectivity index (χ2v) is 3.40. The van der Waals surface area contributed by atoms with Crippen molar-refractivity contribution in [3.05, 3.63) is 0 Å². The molecule has 1 aliphatic rings. The summed E-state index contributed by atoms with van der Waals surface area (Å²) in [4.78, 5) is 13.3. The van der Waals surface area contributed by atoms with E-state index in [1.165, 1.54) is 0 Å². The van der Waals surface area contributed by atoms with Crippen LogP contribution in [0.5, 0.6) is 0 Å². The van der Waals surface area contributed by atoms with Crippen LogP contribution in [-0.2, 0) is 9.53 Å². The van der Waals surface area contributed by atoms with E-state index in [2.05, 4.69) is 17.1 Å². The van der Waals surface area contributed by atoms with Gasteiger partial charge in [-0.2, -0.15) is 0 Å². The molecular weight excluding hydrogens is 168 g/mol. The molecule has 1 N–H and O–H groups in total. The van der Waals surface area contributed by atoms with Gasteiger partial charge in [0.05, 0.1) is 13.2 Å². The number of carbonyl (C=O) groups excluding carboxylic acids is 1. The SMILES string of the molecule is CCOC(=O)CN1CCN[C@@H](C)C1. The van der Waals surface area contributed by atoms with Crippen LogP contribution in [0, 0.1) is 0 Å². The van der Waals surface area contributed by atoms with Crippen LogP contribution in [-0.4, -0.2) is 49.7 Å². The Morgan fingerprint density at radius 3 is 3.08 bits per heavy atom. The van der Waals surface area contributed by atoms with Gasteiger partial charge in [0.15, 0.2) is 0 Å². The molecule has 0 amide bonds. The number of ether oxygens (including phenoxy) is 1. The van der Waals surface area contributed by atoms with Gasteiger partial charge in [-0.25, -0.2) is 0 Å². The van der Waals surface area contributed by atoms with Gasteiger partial charge >= 0.3 is 5.97 Å². The van der Waals surface area contributed by atoms with Gasteiger partial charge in [0.2, 0.25) is 0 Å². The highest BCUT2D eigenvalue weighted by Gasteiger charge is 2.17. The monoisotopic (exact) mass is 186 g/mol. The molecule has 1 aliphatic heterocycles. The lowest BCUT2D eigenvalue weighted by atomic mass is 10.2. The van der Waals surface area contributed by atoms with Crippen molar-refractivity contribution in [3.8, 4) is 0 Å². The van der Waals surface area contributed by atoms with E-state index in [0.717, 1.165) is 19.6 Å². The number of hydrogen-bond acceptors (Lipinski definition) is 4. The zero-order valence-electron chi connectivity index (χ0n) is 8.38. The zero-order chi connectivity index (χ0) is 9.68. The number of hydrogen-bond donors (Lipinski definition) is 1. The van der Waals surface area contributed by atoms with Crippen LogP contribution in [0.3, 0.4) is 0 Å². The summed E-state index contributed by atoms with van der Waals surface area (Å²) in [5, 5.41) is 3.32. The van der Waals surface area contributed by atoms with Crippen molar-refractivity contribution in [2.45, 2.75) is 19.9 Å². The van der Waals surface area contributed by atoms with Crippen molar-refractivity contribution < 1.29 is 9.53 Å². The highest BCUT2D eigenvalue weighted by molar-refractivity contribution is 5.71. The Bertz CT molecular complexity index is 173. The van der Waals surface area contributed by atoms with Crippen molar-refractivity contribution >= 4 is 5.97 Å². The summed E-state index contributed by atoms with van der Waals surface area (Å²) in [5.41, 5.74) is 0. The fourth-order valence-corrected chi connectivity index (χ4v) is 1.55. The number of nitrogens with zero attached hydrogens (tertiary/aromatic N) is 1. The van der Waals surface area contributed by atoms with Crippen LogP contribution in [0.1, 0.15) is 13.8 Å². The van der Waals surface area contributed by atoms with Crippen molar-refractivity contribution in [2.24, 2.45) is 0 Å². The lowest BCUT2D eigenvalue weighted by Crippen LogP contribution is -2.50. The molecule has 0 saturated carbocycles. The maximum absolute atomic E-state index is 11.1. The van der Waals surface area contributed by atoms with Crippen LogP contribution >= 0.6 is 0 Å². The van der Waals surface area contributed by atoms with E-state index in [0.29, 0.717) is 19.2 Å². The molecule has 76 valence electrons. The van der Waals surface area contributed by atoms with Crippen LogP contribution in [0.4, 0.5) is 0 Å². The standard InChI is InChI=1S/C9H18N2O2/c1-3-13-9(12)7-11-5-4-10-8(2)6-11/h8,10H,3-7H2,1-2H3/t8-/m0/s1. The second kappa shape index (κ2) is 5.19. The fourth-order valence-electron chi connectivity index (χ4n) is 1.55. The van der Waals surface area contributed by atoms with E-state index in [1.54, 1.807) is 0 Å². The molecule has 1 rings (SSSR count). The summed E-state index contributed by atoms with van der Waals surface area (Å²) in [6.45, 7) is 7.68. The molecule has 0 bridgehead atoms. The summed E-state index contributed by atoms with van der Waals surface area (Å²) in [7, 11) is 0. The average molecular weight is 186 g/mol. The molecule has 4 heteroatoms. The molecule has 0 spiro atoms. The average Bonchev–Trinajstić information content (AvgIpc) is 2.04. The van der Waals surface area contributed by atoms with Crippen molar-refractivity contribution in [3.63, 3.8) is 0 Å². The topological polar surface area (TPSA) is 41.6 Å². The predicted octanol–water partition coefficient (Wildman–Crippen LogP) is -0.157. The maximum atomic E-state index is 11.1. The van der Waals surface area contributed by atoms with E-state index in [-0.39, 0.29) is 5.97 Å². The predicted molar refractivity (Wildman–Crippen MR) is 50.5 cm³/mol. The van der Waals surface area contributed by atoms with Crippen molar-refractivity contribution in [2.75, 3.05) is 32.8 Å². The number of nitrogens with one attached hydrogen (secondary N) is 1. The van der Waals surface area contributed by atoms with Gasteiger partial charge in [-0.05, 0) is 13.8 Å². The second-order valence-electron chi connectivity index (χ2n) is 3.40. The Balaban J connectivity index is 2.23. The number of piperazine rings is 1. The van der Waals surface area contributed by atoms with Crippen LogP contribution in [0.15, 0.2) is 0 Å². The summed E-state index contributed by atoms with van der Waals surface area (Å²) in [5.74, 6) is -0.114. The Morgan fingerprint density at radius 2 is 2.46 bits per heavy atom. The van der Waals surface area contributed by atoms with Crippen LogP contribution < -0.4 is 5.32 Å². The van der Waals surface area contributed by atoms with Crippen molar-refractivity contribution in [1.82, 2.24) is 10.2 Å². The van der Waals surface area contributed by atoms with Crippen LogP contribution in [0.2, 0.25) is 0 Å². The normalized spacial score (nSPS) is 24.3. The van der Waals surface area contributed by atoms with E-state index in [4.69, 9.17) is 4.74 Å². The molecule has 0 radical (unpaired) electrons. The number of esters is 1. The molecule has 4 nitrogen and oxygen atoms in total. The molecular formula is C9H18N2O2. The van der Waals surface area contributed by atoms with Gasteiger partial charge in [0, 0.05) is 25.7 Å². The Morgan fingerprint density at radius 1 is 1.69 bits per heavy atom. The Hall–Kier alpha value is -0.610. The van der Waals surface area contributed by atoms with E-state index < -0.39 is 0 Å². The molecule has 0 aromatic carbocycles. The first kappa shape index (κ1) is 10.5. The van der Waals surface area contributed by atoms with Gasteiger partial charge < -0.3 is 10.1 Å². The summed E-state index contributed by atoms with van der Waals surface area (Å²) >= 11 is 0. The van der Waals surface area contributed by atoms with Gasteiger partial charge in [0.1, 0.15) is 0 Å². The molecule has 13 heavy (non-hydrogen) atoms. The molecule has 0 unspecified atom stereocenters. The van der Waals surface area contributed by atoms with E-state index in [1.807, 2.05) is 6.92 Å². The number of carbonyl (C=O) groups is 1. The van der Waals surface area contributed by atoms with Gasteiger partial charge in [-0.3, -0.25) is 9.69 Å². The minimum Gasteiger partial charge on any atom is -0.465 e. The molecule has 0 aromatic heterocycles. The van der Waals surface area contributed by atoms with Crippen LogP contribution in [0.25, 0.3) is 0 Å². The molecule has 0 aromatic rings. The molecule has 1 saturated heterocycles. The van der Waals surface area contributed by atoms with Crippen molar-refractivity contribution in [1.29, 1.82) is 0 Å². The molecule has 1 atom stereocenters. The fraction of sp³-hybridized carbons (Fsp3) is 0.889. The number of rotatable bonds is 3. The van der Waals surface area contributed by atoms with E-state index >= 15 is 0 Å². The summed E-state index contributed by atoms with van der Waals surface area (Å²) in [6, 6.07) is 0.475. The third-order valence-corrected chi connectivity index (χ3v) is 2.11. The Kier molecular flexibility index (Phi) is 4.18. The first-order chi connectivity index (χ1) is 6.22. The minimum atomic E-state index is -0.114. The van der Waals surface area contributed by atoms with Gasteiger partial charge in [0.25, 0.3) is 0 Å². The first-order valence-electron chi connectivity index (χ1n) is 4.83. The summed E-state index contributed by atoms with van der Waals surface area (Å²) in [6.07, 6.45) is 0. The highest BCUT2D eigenvalue weighted by Crippen LogP contribution is 1.98. The van der Waals surface area contributed by atoms with Gasteiger partial charge in [-0.1, -0.05) is 0 Å².